The van der Waals surface area contributed by atoms with Gasteiger partial charge in [-0.3, -0.25) is 4.79 Å². The second-order valence-electron chi connectivity index (χ2n) is 4.48. The van der Waals surface area contributed by atoms with Crippen molar-refractivity contribution in [3.63, 3.8) is 0 Å². The van der Waals surface area contributed by atoms with E-state index >= 15 is 0 Å². The number of hydrogen-bond acceptors (Lipinski definition) is 2. The number of halogens is 3. The molecule has 17 heavy (non-hydrogen) atoms. The molecular formula is C11H16F3NO2. The zero-order valence-corrected chi connectivity index (χ0v) is 9.39. The number of rotatable bonds is 3. The van der Waals surface area contributed by atoms with E-state index in [0.717, 1.165) is 6.08 Å². The van der Waals surface area contributed by atoms with Crippen molar-refractivity contribution in [2.45, 2.75) is 37.5 Å². The first-order valence-corrected chi connectivity index (χ1v) is 5.46. The summed E-state index contributed by atoms with van der Waals surface area (Å²) in [5.41, 5.74) is -1.46. The first-order chi connectivity index (χ1) is 7.77. The predicted octanol–water partition coefficient (Wildman–Crippen LogP) is 1.77. The van der Waals surface area contributed by atoms with Crippen LogP contribution in [0.1, 0.15) is 25.7 Å². The molecule has 1 fully saturated rings. The van der Waals surface area contributed by atoms with Crippen molar-refractivity contribution in [2.75, 3.05) is 6.54 Å². The molecule has 2 N–H and O–H groups in total. The summed E-state index contributed by atoms with van der Waals surface area (Å²) >= 11 is 0. The Kier molecular flexibility index (Phi) is 4.19. The molecule has 1 aliphatic carbocycles. The van der Waals surface area contributed by atoms with Gasteiger partial charge < -0.3 is 10.4 Å². The fraction of sp³-hybridized carbons (Fsp3) is 0.727. The minimum Gasteiger partial charge on any atom is -0.388 e. The molecule has 2 atom stereocenters. The molecule has 0 saturated heterocycles. The fourth-order valence-electron chi connectivity index (χ4n) is 2.10. The molecule has 1 aliphatic rings. The number of amides is 1. The van der Waals surface area contributed by atoms with Crippen LogP contribution in [0, 0.1) is 5.92 Å². The van der Waals surface area contributed by atoms with E-state index in [1.165, 1.54) is 0 Å². The summed E-state index contributed by atoms with van der Waals surface area (Å²) in [5.74, 6) is -1.98. The smallest absolute Gasteiger partial charge is 0.388 e. The molecular weight excluding hydrogens is 235 g/mol. The Balaban J connectivity index is 2.57. The quantitative estimate of drug-likeness (QED) is 0.751. The highest BCUT2D eigenvalue weighted by molar-refractivity contribution is 5.86. The Morgan fingerprint density at radius 1 is 1.59 bits per heavy atom. The Hall–Kier alpha value is -1.04. The van der Waals surface area contributed by atoms with E-state index in [1.54, 1.807) is 0 Å². The second-order valence-corrected chi connectivity index (χ2v) is 4.48. The lowest BCUT2D eigenvalue weighted by Gasteiger charge is -2.37. The molecule has 1 amide bonds. The molecule has 0 aromatic carbocycles. The lowest BCUT2D eigenvalue weighted by molar-refractivity contribution is -0.199. The zero-order chi connectivity index (χ0) is 13.1. The number of hydrogen-bond donors (Lipinski definition) is 2. The molecule has 0 radical (unpaired) electrons. The first kappa shape index (κ1) is 14.0. The van der Waals surface area contributed by atoms with Gasteiger partial charge in [-0.05, 0) is 31.8 Å². The number of carbonyl (C=O) groups excluding carboxylic acids is 1. The Morgan fingerprint density at radius 2 is 2.24 bits per heavy atom. The van der Waals surface area contributed by atoms with Crippen LogP contribution in [0.15, 0.2) is 12.7 Å². The third-order valence-electron chi connectivity index (χ3n) is 3.06. The van der Waals surface area contributed by atoms with Gasteiger partial charge in [-0.1, -0.05) is 6.58 Å². The summed E-state index contributed by atoms with van der Waals surface area (Å²) in [6.45, 7) is 3.07. The van der Waals surface area contributed by atoms with Gasteiger partial charge in [-0.15, -0.1) is 0 Å². The lowest BCUT2D eigenvalue weighted by atomic mass is 9.77. The van der Waals surface area contributed by atoms with Crippen LogP contribution < -0.4 is 5.32 Å². The van der Waals surface area contributed by atoms with Gasteiger partial charge >= 0.3 is 6.18 Å². The highest BCUT2D eigenvalue weighted by atomic mass is 19.4. The van der Waals surface area contributed by atoms with Gasteiger partial charge in [-0.2, -0.15) is 13.2 Å². The van der Waals surface area contributed by atoms with Crippen LogP contribution in [0.5, 0.6) is 0 Å². The third-order valence-corrected chi connectivity index (χ3v) is 3.06. The molecule has 1 rings (SSSR count). The molecule has 0 aromatic rings. The van der Waals surface area contributed by atoms with Gasteiger partial charge in [-0.25, -0.2) is 0 Å². The molecule has 6 heteroatoms. The monoisotopic (exact) mass is 251 g/mol. The van der Waals surface area contributed by atoms with Crippen molar-refractivity contribution >= 4 is 5.91 Å². The SMILES string of the molecule is C=CC(=O)NCC1(O)CCCC(C(F)(F)F)C1. The molecule has 98 valence electrons. The Morgan fingerprint density at radius 3 is 2.76 bits per heavy atom. The summed E-state index contributed by atoms with van der Waals surface area (Å²) in [5, 5.41) is 12.3. The lowest BCUT2D eigenvalue weighted by Crippen LogP contribution is -2.48. The van der Waals surface area contributed by atoms with Crippen LogP contribution in [0.4, 0.5) is 13.2 Å². The highest BCUT2D eigenvalue weighted by Crippen LogP contribution is 2.41. The molecule has 0 aromatic heterocycles. The largest absolute Gasteiger partial charge is 0.391 e. The highest BCUT2D eigenvalue weighted by Gasteiger charge is 2.46. The van der Waals surface area contributed by atoms with Gasteiger partial charge in [0.15, 0.2) is 0 Å². The zero-order valence-electron chi connectivity index (χ0n) is 9.39. The van der Waals surface area contributed by atoms with E-state index in [-0.39, 0.29) is 25.8 Å². The van der Waals surface area contributed by atoms with Gasteiger partial charge in [0.2, 0.25) is 5.91 Å². The molecule has 2 unspecified atom stereocenters. The average Bonchev–Trinajstić information content (AvgIpc) is 2.25. The maximum Gasteiger partial charge on any atom is 0.391 e. The van der Waals surface area contributed by atoms with Crippen molar-refractivity contribution in [3.05, 3.63) is 12.7 Å². The minimum absolute atomic E-state index is 0.0429. The Labute approximate surface area is 97.7 Å². The first-order valence-electron chi connectivity index (χ1n) is 5.46. The number of aliphatic hydroxyl groups is 1. The van der Waals surface area contributed by atoms with Gasteiger partial charge in [0.25, 0.3) is 0 Å². The van der Waals surface area contributed by atoms with Crippen LogP contribution in [0.3, 0.4) is 0 Å². The normalized spacial score (nSPS) is 29.8. The maximum absolute atomic E-state index is 12.5. The van der Waals surface area contributed by atoms with E-state index in [9.17, 15) is 23.1 Å². The summed E-state index contributed by atoms with van der Waals surface area (Å²) < 4.78 is 37.6. The topological polar surface area (TPSA) is 49.3 Å². The molecule has 0 aliphatic heterocycles. The summed E-state index contributed by atoms with van der Waals surface area (Å²) in [7, 11) is 0. The molecule has 0 spiro atoms. The van der Waals surface area contributed by atoms with Gasteiger partial charge in [0, 0.05) is 6.54 Å². The fourth-order valence-corrected chi connectivity index (χ4v) is 2.10. The van der Waals surface area contributed by atoms with E-state index in [0.29, 0.717) is 6.42 Å². The van der Waals surface area contributed by atoms with Crippen LogP contribution in [0.2, 0.25) is 0 Å². The van der Waals surface area contributed by atoms with Crippen molar-refractivity contribution in [1.29, 1.82) is 0 Å². The van der Waals surface area contributed by atoms with E-state index in [2.05, 4.69) is 11.9 Å². The van der Waals surface area contributed by atoms with Crippen molar-refractivity contribution in [2.24, 2.45) is 5.92 Å². The summed E-state index contributed by atoms with van der Waals surface area (Å²) in [6, 6.07) is 0. The molecule has 0 bridgehead atoms. The average molecular weight is 251 g/mol. The predicted molar refractivity (Wildman–Crippen MR) is 56.2 cm³/mol. The van der Waals surface area contributed by atoms with Crippen LogP contribution >= 0.6 is 0 Å². The maximum atomic E-state index is 12.5. The number of alkyl halides is 3. The van der Waals surface area contributed by atoms with E-state index in [4.69, 9.17) is 0 Å². The van der Waals surface area contributed by atoms with Crippen molar-refractivity contribution < 1.29 is 23.1 Å². The standard InChI is InChI=1S/C11H16F3NO2/c1-2-9(16)15-7-10(17)5-3-4-8(6-10)11(12,13)14/h2,8,17H,1,3-7H2,(H,15,16). The minimum atomic E-state index is -4.28. The Bertz CT molecular complexity index is 304. The van der Waals surface area contributed by atoms with Gasteiger partial charge in [0.05, 0.1) is 11.5 Å². The van der Waals surface area contributed by atoms with Crippen molar-refractivity contribution in [1.82, 2.24) is 5.32 Å². The van der Waals surface area contributed by atoms with Gasteiger partial charge in [0.1, 0.15) is 0 Å². The van der Waals surface area contributed by atoms with Crippen LogP contribution in [-0.2, 0) is 4.79 Å². The second kappa shape index (κ2) is 5.08. The van der Waals surface area contributed by atoms with E-state index < -0.39 is 23.6 Å². The van der Waals surface area contributed by atoms with Crippen molar-refractivity contribution in [3.8, 4) is 0 Å². The molecule has 1 saturated carbocycles. The molecule has 3 nitrogen and oxygen atoms in total. The summed E-state index contributed by atoms with van der Waals surface area (Å²) in [4.78, 5) is 10.9. The van der Waals surface area contributed by atoms with Crippen LogP contribution in [0.25, 0.3) is 0 Å². The third kappa shape index (κ3) is 4.03. The summed E-state index contributed by atoms with van der Waals surface area (Å²) in [6.07, 6.45) is -2.99. The van der Waals surface area contributed by atoms with Crippen LogP contribution in [-0.4, -0.2) is 29.3 Å². The molecule has 0 heterocycles. The van der Waals surface area contributed by atoms with E-state index in [1.807, 2.05) is 0 Å². The number of nitrogens with one attached hydrogen (secondary N) is 1. The number of carbonyl (C=O) groups is 1.